The molecule has 1 aliphatic rings. The molecule has 0 saturated carbocycles. The topological polar surface area (TPSA) is 51.8 Å². The minimum atomic E-state index is 0.613. The number of benzene rings is 1. The highest BCUT2D eigenvalue weighted by molar-refractivity contribution is 6.30. The molecule has 0 unspecified atom stereocenters. The number of fused-ring (bicyclic) bond motifs is 1. The summed E-state index contributed by atoms with van der Waals surface area (Å²) in [4.78, 5) is 8.94. The third-order valence-corrected chi connectivity index (χ3v) is 3.28. The zero-order valence-electron chi connectivity index (χ0n) is 9.28. The molecule has 0 saturated heterocycles. The van der Waals surface area contributed by atoms with Crippen LogP contribution in [0.4, 0.5) is 5.82 Å². The normalized spacial score (nSPS) is 13.7. The third kappa shape index (κ3) is 1.87. The lowest BCUT2D eigenvalue weighted by Gasteiger charge is -2.06. The van der Waals surface area contributed by atoms with Crippen LogP contribution < -0.4 is 5.73 Å². The lowest BCUT2D eigenvalue weighted by molar-refractivity contribution is 0.900. The van der Waals surface area contributed by atoms with Crippen LogP contribution >= 0.6 is 11.6 Å². The highest BCUT2D eigenvalue weighted by atomic mass is 35.5. The second-order valence-electron chi connectivity index (χ2n) is 4.22. The van der Waals surface area contributed by atoms with Gasteiger partial charge in [-0.2, -0.15) is 0 Å². The summed E-state index contributed by atoms with van der Waals surface area (Å²) in [5, 5.41) is 0.685. The number of aromatic nitrogens is 2. The molecule has 0 spiro atoms. The molecular weight excluding hydrogens is 234 g/mol. The molecule has 1 aromatic heterocycles. The number of nitrogens with zero attached hydrogens (tertiary/aromatic N) is 2. The molecular formula is C13H12ClN3. The van der Waals surface area contributed by atoms with Gasteiger partial charge in [-0.15, -0.1) is 0 Å². The zero-order valence-corrected chi connectivity index (χ0v) is 10.0. The van der Waals surface area contributed by atoms with Crippen LogP contribution in [0.3, 0.4) is 0 Å². The van der Waals surface area contributed by atoms with Crippen molar-refractivity contribution in [1.82, 2.24) is 9.97 Å². The van der Waals surface area contributed by atoms with E-state index in [1.807, 2.05) is 24.3 Å². The van der Waals surface area contributed by atoms with E-state index in [0.29, 0.717) is 16.7 Å². The largest absolute Gasteiger partial charge is 0.383 e. The maximum atomic E-state index is 5.97. The lowest BCUT2D eigenvalue weighted by Crippen LogP contribution is -2.02. The summed E-state index contributed by atoms with van der Waals surface area (Å²) in [6.07, 6.45) is 3.11. The van der Waals surface area contributed by atoms with Gasteiger partial charge in [-0.3, -0.25) is 0 Å². The fraction of sp³-hybridized carbons (Fsp3) is 0.231. The maximum absolute atomic E-state index is 5.97. The number of hydrogen-bond acceptors (Lipinski definition) is 3. The predicted molar refractivity (Wildman–Crippen MR) is 68.9 cm³/mol. The maximum Gasteiger partial charge on any atom is 0.161 e. The molecule has 1 heterocycles. The van der Waals surface area contributed by atoms with Crippen molar-refractivity contribution in [3.05, 3.63) is 40.5 Å². The summed E-state index contributed by atoms with van der Waals surface area (Å²) in [5.41, 5.74) is 9.09. The van der Waals surface area contributed by atoms with E-state index in [4.69, 9.17) is 17.3 Å². The first-order chi connectivity index (χ1) is 8.24. The molecule has 3 rings (SSSR count). The molecule has 17 heavy (non-hydrogen) atoms. The Morgan fingerprint density at radius 3 is 2.88 bits per heavy atom. The Labute approximate surface area is 105 Å². The van der Waals surface area contributed by atoms with Gasteiger partial charge in [-0.05, 0) is 31.4 Å². The molecule has 0 atom stereocenters. The van der Waals surface area contributed by atoms with Crippen molar-refractivity contribution in [2.75, 3.05) is 5.73 Å². The average Bonchev–Trinajstić information content (AvgIpc) is 2.77. The summed E-state index contributed by atoms with van der Waals surface area (Å²) in [6.45, 7) is 0. The van der Waals surface area contributed by atoms with E-state index in [-0.39, 0.29) is 0 Å². The first-order valence-corrected chi connectivity index (χ1v) is 6.03. The van der Waals surface area contributed by atoms with Crippen LogP contribution in [0, 0.1) is 0 Å². The van der Waals surface area contributed by atoms with Crippen molar-refractivity contribution >= 4 is 17.4 Å². The second kappa shape index (κ2) is 4.00. The molecule has 0 fully saturated rings. The van der Waals surface area contributed by atoms with Gasteiger partial charge in [0, 0.05) is 21.8 Å². The van der Waals surface area contributed by atoms with Crippen molar-refractivity contribution in [2.45, 2.75) is 19.3 Å². The van der Waals surface area contributed by atoms with E-state index in [1.54, 1.807) is 0 Å². The highest BCUT2D eigenvalue weighted by Crippen LogP contribution is 2.28. The first-order valence-electron chi connectivity index (χ1n) is 5.65. The van der Waals surface area contributed by atoms with Crippen molar-refractivity contribution in [1.29, 1.82) is 0 Å². The van der Waals surface area contributed by atoms with Gasteiger partial charge in [-0.1, -0.05) is 23.7 Å². The van der Waals surface area contributed by atoms with E-state index in [0.717, 1.165) is 36.1 Å². The van der Waals surface area contributed by atoms with Gasteiger partial charge in [0.15, 0.2) is 5.82 Å². The van der Waals surface area contributed by atoms with Gasteiger partial charge in [0.25, 0.3) is 0 Å². The monoisotopic (exact) mass is 245 g/mol. The highest BCUT2D eigenvalue weighted by Gasteiger charge is 2.18. The Balaban J connectivity index is 2.13. The van der Waals surface area contributed by atoms with E-state index >= 15 is 0 Å². The molecule has 0 bridgehead atoms. The van der Waals surface area contributed by atoms with Crippen LogP contribution in [0.1, 0.15) is 17.7 Å². The molecule has 2 N–H and O–H groups in total. The standard InChI is InChI=1S/C13H12ClN3/c14-9-4-1-3-8(7-9)13-16-11-6-2-5-10(11)12(15)17-13/h1,3-4,7H,2,5-6H2,(H2,15,16,17). The Kier molecular flexibility index (Phi) is 2.48. The number of nitrogens with two attached hydrogens (primary N) is 1. The molecule has 1 aromatic carbocycles. The number of anilines is 1. The number of rotatable bonds is 1. The first kappa shape index (κ1) is 10.5. The molecule has 0 amide bonds. The Morgan fingerprint density at radius 1 is 1.18 bits per heavy atom. The second-order valence-corrected chi connectivity index (χ2v) is 4.66. The van der Waals surface area contributed by atoms with Crippen LogP contribution in [-0.4, -0.2) is 9.97 Å². The average molecular weight is 246 g/mol. The van der Waals surface area contributed by atoms with Crippen molar-refractivity contribution in [3.8, 4) is 11.4 Å². The number of nitrogen functional groups attached to an aromatic ring is 1. The van der Waals surface area contributed by atoms with E-state index < -0.39 is 0 Å². The Morgan fingerprint density at radius 2 is 2.06 bits per heavy atom. The quantitative estimate of drug-likeness (QED) is 0.841. The van der Waals surface area contributed by atoms with Crippen LogP contribution in [0.25, 0.3) is 11.4 Å². The van der Waals surface area contributed by atoms with Crippen LogP contribution in [-0.2, 0) is 12.8 Å². The minimum absolute atomic E-state index is 0.613. The Bertz CT molecular complexity index is 581. The van der Waals surface area contributed by atoms with Crippen LogP contribution in [0.5, 0.6) is 0 Å². The van der Waals surface area contributed by atoms with Crippen molar-refractivity contribution in [3.63, 3.8) is 0 Å². The van der Waals surface area contributed by atoms with Gasteiger partial charge >= 0.3 is 0 Å². The minimum Gasteiger partial charge on any atom is -0.383 e. The molecule has 86 valence electrons. The summed E-state index contributed by atoms with van der Waals surface area (Å²) in [5.74, 6) is 1.29. The van der Waals surface area contributed by atoms with Crippen molar-refractivity contribution in [2.24, 2.45) is 0 Å². The summed E-state index contributed by atoms with van der Waals surface area (Å²) < 4.78 is 0. The van der Waals surface area contributed by atoms with Gasteiger partial charge in [0.2, 0.25) is 0 Å². The summed E-state index contributed by atoms with van der Waals surface area (Å²) >= 11 is 5.97. The van der Waals surface area contributed by atoms with E-state index in [2.05, 4.69) is 9.97 Å². The van der Waals surface area contributed by atoms with Crippen LogP contribution in [0.15, 0.2) is 24.3 Å². The van der Waals surface area contributed by atoms with Crippen molar-refractivity contribution < 1.29 is 0 Å². The lowest BCUT2D eigenvalue weighted by atomic mass is 10.2. The Hall–Kier alpha value is -1.61. The van der Waals surface area contributed by atoms with Gasteiger partial charge in [-0.25, -0.2) is 9.97 Å². The van der Waals surface area contributed by atoms with Gasteiger partial charge < -0.3 is 5.73 Å². The molecule has 0 aliphatic heterocycles. The molecule has 0 radical (unpaired) electrons. The van der Waals surface area contributed by atoms with Crippen LogP contribution in [0.2, 0.25) is 5.02 Å². The predicted octanol–water partition coefficient (Wildman–Crippen LogP) is 2.87. The fourth-order valence-corrected chi connectivity index (χ4v) is 2.41. The third-order valence-electron chi connectivity index (χ3n) is 3.05. The van der Waals surface area contributed by atoms with E-state index in [1.165, 1.54) is 0 Å². The van der Waals surface area contributed by atoms with Gasteiger partial charge in [0.05, 0.1) is 0 Å². The summed E-state index contributed by atoms with van der Waals surface area (Å²) in [7, 11) is 0. The number of hydrogen-bond donors (Lipinski definition) is 1. The van der Waals surface area contributed by atoms with E-state index in [9.17, 15) is 0 Å². The number of aryl methyl sites for hydroxylation is 1. The molecule has 4 heteroatoms. The molecule has 3 nitrogen and oxygen atoms in total. The fourth-order valence-electron chi connectivity index (χ4n) is 2.22. The molecule has 2 aromatic rings. The molecule has 1 aliphatic carbocycles. The smallest absolute Gasteiger partial charge is 0.161 e. The SMILES string of the molecule is Nc1nc(-c2cccc(Cl)c2)nc2c1CCC2. The number of halogens is 1. The van der Waals surface area contributed by atoms with Gasteiger partial charge in [0.1, 0.15) is 5.82 Å². The summed E-state index contributed by atoms with van der Waals surface area (Å²) in [6, 6.07) is 7.53. The zero-order chi connectivity index (χ0) is 11.8.